The summed E-state index contributed by atoms with van der Waals surface area (Å²) in [5, 5.41) is 9.95. The zero-order chi connectivity index (χ0) is 20.4. The van der Waals surface area contributed by atoms with E-state index in [1.165, 1.54) is 0 Å². The van der Waals surface area contributed by atoms with Crippen molar-refractivity contribution in [3.05, 3.63) is 64.2 Å². The third kappa shape index (κ3) is 3.68. The van der Waals surface area contributed by atoms with Crippen molar-refractivity contribution in [1.29, 1.82) is 5.26 Å². The summed E-state index contributed by atoms with van der Waals surface area (Å²) in [6.07, 6.45) is 2.67. The molecule has 1 saturated heterocycles. The van der Waals surface area contributed by atoms with Gasteiger partial charge in [-0.3, -0.25) is 9.36 Å². The number of piperidine rings is 1. The number of fused-ring (bicyclic) bond motifs is 1. The van der Waals surface area contributed by atoms with Crippen LogP contribution in [0.5, 0.6) is 0 Å². The van der Waals surface area contributed by atoms with Crippen LogP contribution in [0.1, 0.15) is 31.2 Å². The number of aryl methyl sites for hydroxylation is 1. The van der Waals surface area contributed by atoms with Gasteiger partial charge >= 0.3 is 0 Å². The first-order valence-electron chi connectivity index (χ1n) is 10.1. The summed E-state index contributed by atoms with van der Waals surface area (Å²) in [7, 11) is 0. The number of rotatable bonds is 4. The van der Waals surface area contributed by atoms with Gasteiger partial charge in [-0.1, -0.05) is 19.1 Å². The summed E-state index contributed by atoms with van der Waals surface area (Å²) in [5.74, 6) is 1.23. The van der Waals surface area contributed by atoms with Crippen LogP contribution >= 0.6 is 0 Å². The molecular weight excluding hydrogens is 362 g/mol. The van der Waals surface area contributed by atoms with E-state index in [-0.39, 0.29) is 5.56 Å². The lowest BCUT2D eigenvalue weighted by atomic mass is 9.95. The second kappa shape index (κ2) is 7.96. The zero-order valence-electron chi connectivity index (χ0n) is 16.6. The molecule has 0 aliphatic carbocycles. The third-order valence-electron chi connectivity index (χ3n) is 5.79. The molecule has 0 spiro atoms. The maximum absolute atomic E-state index is 13.1. The molecule has 29 heavy (non-hydrogen) atoms. The normalized spacial score (nSPS) is 14.8. The summed E-state index contributed by atoms with van der Waals surface area (Å²) < 4.78 is 1.84. The Morgan fingerprint density at radius 1 is 1.21 bits per heavy atom. The number of anilines is 2. The lowest BCUT2D eigenvalue weighted by Gasteiger charge is -2.34. The Morgan fingerprint density at radius 2 is 1.97 bits per heavy atom. The molecule has 0 unspecified atom stereocenters. The molecule has 6 nitrogen and oxygen atoms in total. The third-order valence-corrected chi connectivity index (χ3v) is 5.79. The van der Waals surface area contributed by atoms with Crippen molar-refractivity contribution >= 4 is 22.3 Å². The van der Waals surface area contributed by atoms with Gasteiger partial charge < -0.3 is 10.6 Å². The number of hydrogen-bond acceptors (Lipinski definition) is 5. The first-order valence-corrected chi connectivity index (χ1v) is 10.1. The summed E-state index contributed by atoms with van der Waals surface area (Å²) in [6, 6.07) is 15.4. The smallest absolute Gasteiger partial charge is 0.261 e. The van der Waals surface area contributed by atoms with Crippen LogP contribution in [0.4, 0.5) is 11.4 Å². The number of hydrogen-bond donors (Lipinski definition) is 1. The minimum Gasteiger partial charge on any atom is -0.399 e. The Balaban J connectivity index is 1.55. The molecule has 1 fully saturated rings. The standard InChI is InChI=1S/C23H25N5O/c1-2-22-26-20-8-7-18(25)13-19(20)23(29)28(22)15-16-9-11-27(12-10-16)21-6-4-3-5-17(21)14-24/h3-8,13,16H,2,9-12,15,25H2,1H3. The SMILES string of the molecule is CCc1nc2ccc(N)cc2c(=O)n1CC1CCN(c2ccccc2C#N)CC1. The van der Waals surface area contributed by atoms with E-state index < -0.39 is 0 Å². The van der Waals surface area contributed by atoms with Gasteiger partial charge in [0.1, 0.15) is 11.9 Å². The van der Waals surface area contributed by atoms with Crippen LogP contribution < -0.4 is 16.2 Å². The van der Waals surface area contributed by atoms with Crippen LogP contribution in [-0.4, -0.2) is 22.6 Å². The topological polar surface area (TPSA) is 87.9 Å². The highest BCUT2D eigenvalue weighted by molar-refractivity contribution is 5.81. The van der Waals surface area contributed by atoms with Gasteiger partial charge in [0.15, 0.2) is 0 Å². The number of nitrogens with zero attached hydrogens (tertiary/aromatic N) is 4. The van der Waals surface area contributed by atoms with Crippen LogP contribution in [0.25, 0.3) is 10.9 Å². The molecule has 0 bridgehead atoms. The second-order valence-electron chi connectivity index (χ2n) is 7.63. The molecule has 1 aliphatic rings. The van der Waals surface area contributed by atoms with Crippen LogP contribution in [0, 0.1) is 17.2 Å². The molecular formula is C23H25N5O. The maximum Gasteiger partial charge on any atom is 0.261 e. The van der Waals surface area contributed by atoms with E-state index in [0.29, 0.717) is 41.0 Å². The van der Waals surface area contributed by atoms with Crippen LogP contribution in [0.15, 0.2) is 47.3 Å². The molecule has 0 radical (unpaired) electrons. The van der Waals surface area contributed by atoms with Crippen molar-refractivity contribution in [2.45, 2.75) is 32.7 Å². The highest BCUT2D eigenvalue weighted by Gasteiger charge is 2.23. The minimum absolute atomic E-state index is 0.00333. The fourth-order valence-corrected chi connectivity index (χ4v) is 4.20. The lowest BCUT2D eigenvalue weighted by Crippen LogP contribution is -2.37. The second-order valence-corrected chi connectivity index (χ2v) is 7.63. The highest BCUT2D eigenvalue weighted by Crippen LogP contribution is 2.27. The molecule has 2 heterocycles. The number of aromatic nitrogens is 2. The summed E-state index contributed by atoms with van der Waals surface area (Å²) in [6.45, 7) is 4.47. The number of para-hydroxylation sites is 1. The van der Waals surface area contributed by atoms with E-state index >= 15 is 0 Å². The van der Waals surface area contributed by atoms with Gasteiger partial charge in [-0.05, 0) is 49.1 Å². The molecule has 4 rings (SSSR count). The van der Waals surface area contributed by atoms with Crippen molar-refractivity contribution in [3.8, 4) is 6.07 Å². The van der Waals surface area contributed by atoms with E-state index in [0.717, 1.165) is 37.4 Å². The van der Waals surface area contributed by atoms with E-state index in [4.69, 9.17) is 10.7 Å². The van der Waals surface area contributed by atoms with Gasteiger partial charge in [-0.15, -0.1) is 0 Å². The summed E-state index contributed by atoms with van der Waals surface area (Å²) in [4.78, 5) is 20.1. The summed E-state index contributed by atoms with van der Waals surface area (Å²) >= 11 is 0. The van der Waals surface area contributed by atoms with Gasteiger partial charge in [-0.2, -0.15) is 5.26 Å². The van der Waals surface area contributed by atoms with E-state index in [2.05, 4.69) is 11.0 Å². The summed E-state index contributed by atoms with van der Waals surface area (Å²) in [5.41, 5.74) is 8.89. The van der Waals surface area contributed by atoms with Gasteiger partial charge in [0.05, 0.1) is 22.2 Å². The van der Waals surface area contributed by atoms with Gasteiger partial charge in [0.2, 0.25) is 0 Å². The van der Waals surface area contributed by atoms with Gasteiger partial charge in [0.25, 0.3) is 5.56 Å². The predicted molar refractivity (Wildman–Crippen MR) is 116 cm³/mol. The van der Waals surface area contributed by atoms with Crippen molar-refractivity contribution < 1.29 is 0 Å². The first kappa shape index (κ1) is 19.0. The average molecular weight is 387 g/mol. The molecule has 1 aliphatic heterocycles. The van der Waals surface area contributed by atoms with Crippen LogP contribution in [0.2, 0.25) is 0 Å². The van der Waals surface area contributed by atoms with Crippen molar-refractivity contribution in [1.82, 2.24) is 9.55 Å². The number of benzene rings is 2. The predicted octanol–water partition coefficient (Wildman–Crippen LogP) is 3.33. The molecule has 1 aromatic heterocycles. The number of nitrogens with two attached hydrogens (primary N) is 1. The largest absolute Gasteiger partial charge is 0.399 e. The number of nitrogen functional groups attached to an aromatic ring is 1. The molecule has 6 heteroatoms. The molecule has 0 amide bonds. The van der Waals surface area contributed by atoms with E-state index in [9.17, 15) is 10.1 Å². The fourth-order valence-electron chi connectivity index (χ4n) is 4.20. The minimum atomic E-state index is -0.00333. The number of nitriles is 1. The van der Waals surface area contributed by atoms with E-state index in [1.807, 2.05) is 41.8 Å². The van der Waals surface area contributed by atoms with Crippen LogP contribution in [-0.2, 0) is 13.0 Å². The van der Waals surface area contributed by atoms with Gasteiger partial charge in [-0.25, -0.2) is 4.98 Å². The van der Waals surface area contributed by atoms with Crippen molar-refractivity contribution in [3.63, 3.8) is 0 Å². The maximum atomic E-state index is 13.1. The lowest BCUT2D eigenvalue weighted by molar-refractivity contribution is 0.347. The average Bonchev–Trinajstić information content (AvgIpc) is 2.76. The Hall–Kier alpha value is -3.33. The molecule has 148 valence electrons. The molecule has 0 atom stereocenters. The Kier molecular flexibility index (Phi) is 5.22. The monoisotopic (exact) mass is 387 g/mol. The zero-order valence-corrected chi connectivity index (χ0v) is 16.6. The Morgan fingerprint density at radius 3 is 2.69 bits per heavy atom. The fraction of sp³-hybridized carbons (Fsp3) is 0.348. The molecule has 0 saturated carbocycles. The van der Waals surface area contributed by atoms with Gasteiger partial charge in [0, 0.05) is 31.7 Å². The molecule has 3 aromatic rings. The molecule has 2 aromatic carbocycles. The molecule has 2 N–H and O–H groups in total. The Bertz CT molecular complexity index is 1140. The van der Waals surface area contributed by atoms with Crippen molar-refractivity contribution in [2.75, 3.05) is 23.7 Å². The quantitative estimate of drug-likeness (QED) is 0.694. The van der Waals surface area contributed by atoms with E-state index in [1.54, 1.807) is 12.1 Å². The van der Waals surface area contributed by atoms with Crippen LogP contribution in [0.3, 0.4) is 0 Å². The first-order chi connectivity index (χ1) is 14.1. The van der Waals surface area contributed by atoms with Crippen molar-refractivity contribution in [2.24, 2.45) is 5.92 Å². The Labute approximate surface area is 170 Å². The highest BCUT2D eigenvalue weighted by atomic mass is 16.1.